The van der Waals surface area contributed by atoms with E-state index in [-0.39, 0.29) is 0 Å². The maximum Gasteiger partial charge on any atom is 0.0853 e. The van der Waals surface area contributed by atoms with E-state index in [1.165, 1.54) is 12.8 Å². The van der Waals surface area contributed by atoms with Gasteiger partial charge in [-0.1, -0.05) is 39.1 Å². The normalized spacial score (nSPS) is 13.7. The summed E-state index contributed by atoms with van der Waals surface area (Å²) in [5, 5.41) is 0. The lowest BCUT2D eigenvalue weighted by Gasteiger charge is -2.18. The largest absolute Gasteiger partial charge is 0.139 e. The molecule has 0 saturated carbocycles. The van der Waals surface area contributed by atoms with Crippen LogP contribution in [-0.4, -0.2) is 14.3 Å². The van der Waals surface area contributed by atoms with Crippen LogP contribution >= 0.6 is 11.8 Å². The summed E-state index contributed by atoms with van der Waals surface area (Å²) in [4.78, 5) is 0. The van der Waals surface area contributed by atoms with Gasteiger partial charge in [-0.3, -0.25) is 0 Å². The average molecular weight is 188 g/mol. The van der Waals surface area contributed by atoms with Crippen molar-refractivity contribution < 1.29 is 0 Å². The van der Waals surface area contributed by atoms with Crippen molar-refractivity contribution in [3.05, 3.63) is 10.6 Å². The zero-order valence-electron chi connectivity index (χ0n) is 8.40. The highest BCUT2D eigenvalue weighted by Gasteiger charge is 2.17. The molecule has 0 aromatic carbocycles. The third-order valence-electron chi connectivity index (χ3n) is 1.58. The van der Waals surface area contributed by atoms with Gasteiger partial charge >= 0.3 is 0 Å². The van der Waals surface area contributed by atoms with E-state index in [4.69, 9.17) is 0 Å². The number of rotatable bonds is 4. The Labute approximate surface area is 76.5 Å². The van der Waals surface area contributed by atoms with E-state index < -0.39 is 8.07 Å². The fourth-order valence-corrected chi connectivity index (χ4v) is 4.46. The van der Waals surface area contributed by atoms with E-state index >= 15 is 0 Å². The molecular weight excluding hydrogens is 168 g/mol. The molecule has 0 atom stereocenters. The molecule has 0 spiro atoms. The predicted molar refractivity (Wildman–Crippen MR) is 59.9 cm³/mol. The van der Waals surface area contributed by atoms with Crippen LogP contribution in [0.2, 0.25) is 19.6 Å². The summed E-state index contributed by atoms with van der Waals surface area (Å²) in [5.74, 6) is 0. The minimum absolute atomic E-state index is 1.000. The van der Waals surface area contributed by atoms with Crippen molar-refractivity contribution in [3.63, 3.8) is 0 Å². The van der Waals surface area contributed by atoms with Gasteiger partial charge in [0, 0.05) is 0 Å². The van der Waals surface area contributed by atoms with E-state index in [1.807, 2.05) is 11.8 Å². The molecule has 0 saturated heterocycles. The molecule has 0 radical (unpaired) electrons. The van der Waals surface area contributed by atoms with Gasteiger partial charge in [0.05, 0.1) is 8.07 Å². The van der Waals surface area contributed by atoms with Crippen LogP contribution in [0.15, 0.2) is 10.6 Å². The van der Waals surface area contributed by atoms with Crippen LogP contribution in [0.1, 0.15) is 19.8 Å². The third kappa shape index (κ3) is 4.70. The Morgan fingerprint density at radius 2 is 1.91 bits per heavy atom. The number of unbranched alkanes of at least 4 members (excludes halogenated alkanes) is 1. The molecule has 0 aliphatic heterocycles. The molecule has 0 aromatic rings. The Morgan fingerprint density at radius 1 is 1.36 bits per heavy atom. The molecule has 66 valence electrons. The van der Waals surface area contributed by atoms with Gasteiger partial charge in [0.15, 0.2) is 0 Å². The van der Waals surface area contributed by atoms with Crippen LogP contribution < -0.4 is 0 Å². The summed E-state index contributed by atoms with van der Waals surface area (Å²) >= 11 is 1.94. The van der Waals surface area contributed by atoms with Gasteiger partial charge < -0.3 is 0 Å². The lowest BCUT2D eigenvalue weighted by Crippen LogP contribution is -2.21. The first-order valence-corrected chi connectivity index (χ1v) is 8.99. The second-order valence-electron chi connectivity index (χ2n) is 3.81. The fourth-order valence-electron chi connectivity index (χ4n) is 0.971. The van der Waals surface area contributed by atoms with Crippen molar-refractivity contribution in [1.29, 1.82) is 0 Å². The van der Waals surface area contributed by atoms with Gasteiger partial charge in [-0.05, 0) is 17.2 Å². The highest BCUT2D eigenvalue weighted by Crippen LogP contribution is 2.24. The van der Waals surface area contributed by atoms with Gasteiger partial charge in [-0.2, -0.15) is 0 Å². The summed E-state index contributed by atoms with van der Waals surface area (Å²) in [5.41, 5.74) is 0. The van der Waals surface area contributed by atoms with Crippen molar-refractivity contribution >= 4 is 19.8 Å². The lowest BCUT2D eigenvalue weighted by atomic mass is 10.3. The second kappa shape index (κ2) is 5.04. The van der Waals surface area contributed by atoms with Crippen LogP contribution in [-0.2, 0) is 0 Å². The summed E-state index contributed by atoms with van der Waals surface area (Å²) in [6, 6.07) is 0. The topological polar surface area (TPSA) is 0 Å². The molecule has 0 bridgehead atoms. The second-order valence-corrected chi connectivity index (χ2v) is 10.1. The summed E-state index contributed by atoms with van der Waals surface area (Å²) < 4.78 is 1.65. The van der Waals surface area contributed by atoms with Crippen LogP contribution in [0.5, 0.6) is 0 Å². The highest BCUT2D eigenvalue weighted by molar-refractivity contribution is 8.04. The quantitative estimate of drug-likeness (QED) is 0.603. The number of allylic oxidation sites excluding steroid dienone is 1. The highest BCUT2D eigenvalue weighted by atomic mass is 32.2. The smallest absolute Gasteiger partial charge is 0.0853 e. The van der Waals surface area contributed by atoms with Crippen molar-refractivity contribution in [2.45, 2.75) is 39.4 Å². The minimum Gasteiger partial charge on any atom is -0.139 e. The maximum absolute atomic E-state index is 2.43. The number of hydrogen-bond acceptors (Lipinski definition) is 1. The van der Waals surface area contributed by atoms with Gasteiger partial charge in [0.1, 0.15) is 0 Å². The molecule has 2 heteroatoms. The first-order chi connectivity index (χ1) is 5.02. The predicted octanol–water partition coefficient (Wildman–Crippen LogP) is 3.91. The standard InChI is InChI=1S/C9H20SSi/c1-6-7-8-9(10-2)11(3,4)5/h8H,6-7H2,1-5H3/b9-8-. The van der Waals surface area contributed by atoms with Gasteiger partial charge in [-0.25, -0.2) is 0 Å². The molecule has 0 rings (SSSR count). The molecule has 0 amide bonds. The van der Waals surface area contributed by atoms with Gasteiger partial charge in [0.25, 0.3) is 0 Å². The third-order valence-corrected chi connectivity index (χ3v) is 6.32. The molecule has 0 aliphatic carbocycles. The molecule has 0 fully saturated rings. The molecule has 0 aliphatic rings. The Balaban J connectivity index is 4.16. The molecule has 0 aromatic heterocycles. The maximum atomic E-state index is 2.43. The van der Waals surface area contributed by atoms with Crippen LogP contribution in [0, 0.1) is 0 Å². The number of thioether (sulfide) groups is 1. The van der Waals surface area contributed by atoms with Gasteiger partial charge in [-0.15, -0.1) is 11.8 Å². The first kappa shape index (κ1) is 11.3. The van der Waals surface area contributed by atoms with Crippen molar-refractivity contribution in [2.24, 2.45) is 0 Å². The summed E-state index contributed by atoms with van der Waals surface area (Å²) in [6.45, 7) is 9.46. The number of hydrogen-bond donors (Lipinski definition) is 0. The molecular formula is C9H20SSi. The molecule has 0 nitrogen and oxygen atoms in total. The fraction of sp³-hybridized carbons (Fsp3) is 0.778. The zero-order chi connectivity index (χ0) is 8.91. The van der Waals surface area contributed by atoms with E-state index in [0.717, 1.165) is 0 Å². The summed E-state index contributed by atoms with van der Waals surface area (Å²) in [6.07, 6.45) is 7.14. The SMILES string of the molecule is CCC/C=C(/SC)[Si](C)(C)C. The summed E-state index contributed by atoms with van der Waals surface area (Å²) in [7, 11) is -1.000. The van der Waals surface area contributed by atoms with Gasteiger partial charge in [0.2, 0.25) is 0 Å². The Hall–Kier alpha value is 0.307. The lowest BCUT2D eigenvalue weighted by molar-refractivity contribution is 0.958. The van der Waals surface area contributed by atoms with Crippen molar-refractivity contribution in [3.8, 4) is 0 Å². The average Bonchev–Trinajstić information content (AvgIpc) is 1.87. The van der Waals surface area contributed by atoms with E-state index in [9.17, 15) is 0 Å². The Morgan fingerprint density at radius 3 is 2.18 bits per heavy atom. The van der Waals surface area contributed by atoms with E-state index in [0.29, 0.717) is 0 Å². The van der Waals surface area contributed by atoms with Crippen molar-refractivity contribution in [1.82, 2.24) is 0 Å². The molecule has 0 unspecified atom stereocenters. The van der Waals surface area contributed by atoms with E-state index in [2.05, 4.69) is 38.9 Å². The zero-order valence-corrected chi connectivity index (χ0v) is 10.2. The first-order valence-electron chi connectivity index (χ1n) is 4.27. The Kier molecular flexibility index (Phi) is 5.18. The van der Waals surface area contributed by atoms with E-state index in [1.54, 1.807) is 4.53 Å². The molecule has 0 N–H and O–H groups in total. The van der Waals surface area contributed by atoms with Crippen LogP contribution in [0.3, 0.4) is 0 Å². The monoisotopic (exact) mass is 188 g/mol. The minimum atomic E-state index is -1.000. The van der Waals surface area contributed by atoms with Crippen LogP contribution in [0.25, 0.3) is 0 Å². The van der Waals surface area contributed by atoms with Crippen molar-refractivity contribution in [2.75, 3.05) is 6.26 Å². The Bertz CT molecular complexity index is 133. The molecule has 11 heavy (non-hydrogen) atoms. The van der Waals surface area contributed by atoms with Crippen LogP contribution in [0.4, 0.5) is 0 Å². The molecule has 0 heterocycles.